The van der Waals surface area contributed by atoms with Crippen LogP contribution in [-0.4, -0.2) is 22.8 Å². The van der Waals surface area contributed by atoms with E-state index in [0.29, 0.717) is 23.5 Å². The van der Waals surface area contributed by atoms with E-state index < -0.39 is 5.82 Å². The van der Waals surface area contributed by atoms with Gasteiger partial charge in [0.25, 0.3) is 5.91 Å². The van der Waals surface area contributed by atoms with E-state index in [1.807, 2.05) is 19.2 Å². The first-order chi connectivity index (χ1) is 10.9. The van der Waals surface area contributed by atoms with Gasteiger partial charge < -0.3 is 5.32 Å². The number of rotatable bonds is 6. The first-order valence-electron chi connectivity index (χ1n) is 7.24. The Labute approximate surface area is 137 Å². The second kappa shape index (κ2) is 7.82. The molecule has 0 aliphatic rings. The smallest absolute Gasteiger partial charge is 0.257 e. The lowest BCUT2D eigenvalue weighted by molar-refractivity contribution is -0.121. The lowest BCUT2D eigenvalue weighted by Crippen LogP contribution is -2.30. The number of aryl methyl sites for hydroxylation is 1. The summed E-state index contributed by atoms with van der Waals surface area (Å²) in [4.78, 5) is 27.9. The van der Waals surface area contributed by atoms with Crippen molar-refractivity contribution in [3.8, 4) is 0 Å². The number of anilines is 1. The van der Waals surface area contributed by atoms with Crippen molar-refractivity contribution in [1.29, 1.82) is 0 Å². The highest BCUT2D eigenvalue weighted by Crippen LogP contribution is 2.17. The van der Waals surface area contributed by atoms with Gasteiger partial charge in [-0.2, -0.15) is 0 Å². The molecule has 5 nitrogen and oxygen atoms in total. The molecule has 0 bridgehead atoms. The standard InChI is InChI=1S/C16H18FN3O2S/c1-10(2)18-14(21)8-7-13-9-23-16(19-13)20-15(22)11-3-5-12(17)6-4-11/h3-6,9-10H,7-8H2,1-2H3,(H,18,21)(H,19,20,22). The van der Waals surface area contributed by atoms with Crippen LogP contribution in [0, 0.1) is 5.82 Å². The third-order valence-corrected chi connectivity index (χ3v) is 3.74. The summed E-state index contributed by atoms with van der Waals surface area (Å²) in [5, 5.41) is 7.74. The van der Waals surface area contributed by atoms with Gasteiger partial charge in [-0.1, -0.05) is 0 Å². The van der Waals surface area contributed by atoms with Crippen LogP contribution in [0.3, 0.4) is 0 Å². The Kier molecular flexibility index (Phi) is 5.81. The minimum absolute atomic E-state index is 0.0232. The quantitative estimate of drug-likeness (QED) is 0.852. The SMILES string of the molecule is CC(C)NC(=O)CCc1csc(NC(=O)c2ccc(F)cc2)n1. The molecule has 0 aliphatic heterocycles. The predicted octanol–water partition coefficient (Wildman–Crippen LogP) is 2.99. The molecule has 1 aromatic carbocycles. The third kappa shape index (κ3) is 5.45. The van der Waals surface area contributed by atoms with Crippen molar-refractivity contribution < 1.29 is 14.0 Å². The molecule has 2 aromatic rings. The van der Waals surface area contributed by atoms with E-state index in [2.05, 4.69) is 15.6 Å². The number of thiazole rings is 1. The number of carbonyl (C=O) groups excluding carboxylic acids is 2. The van der Waals surface area contributed by atoms with E-state index in [1.54, 1.807) is 0 Å². The van der Waals surface area contributed by atoms with Crippen LogP contribution >= 0.6 is 11.3 Å². The van der Waals surface area contributed by atoms with E-state index in [1.165, 1.54) is 35.6 Å². The summed E-state index contributed by atoms with van der Waals surface area (Å²) >= 11 is 1.29. The van der Waals surface area contributed by atoms with Crippen molar-refractivity contribution in [2.45, 2.75) is 32.7 Å². The number of amides is 2. The topological polar surface area (TPSA) is 71.1 Å². The second-order valence-corrected chi connectivity index (χ2v) is 6.19. The molecule has 7 heteroatoms. The van der Waals surface area contributed by atoms with Gasteiger partial charge >= 0.3 is 0 Å². The molecule has 2 N–H and O–H groups in total. The molecule has 0 aliphatic carbocycles. The third-order valence-electron chi connectivity index (χ3n) is 2.94. The first-order valence-corrected chi connectivity index (χ1v) is 8.12. The van der Waals surface area contributed by atoms with Crippen LogP contribution in [-0.2, 0) is 11.2 Å². The zero-order valence-corrected chi connectivity index (χ0v) is 13.7. The lowest BCUT2D eigenvalue weighted by atomic mass is 10.2. The Morgan fingerprint density at radius 3 is 2.61 bits per heavy atom. The van der Waals surface area contributed by atoms with Crippen molar-refractivity contribution in [2.24, 2.45) is 0 Å². The fraction of sp³-hybridized carbons (Fsp3) is 0.312. The van der Waals surface area contributed by atoms with E-state index in [-0.39, 0.29) is 17.9 Å². The van der Waals surface area contributed by atoms with Crippen molar-refractivity contribution in [2.75, 3.05) is 5.32 Å². The number of hydrogen-bond donors (Lipinski definition) is 2. The summed E-state index contributed by atoms with van der Waals surface area (Å²) in [6.07, 6.45) is 0.870. The summed E-state index contributed by atoms with van der Waals surface area (Å²) in [6, 6.07) is 5.40. The molecular formula is C16H18FN3O2S. The molecule has 2 rings (SSSR count). The highest BCUT2D eigenvalue weighted by molar-refractivity contribution is 7.14. The van der Waals surface area contributed by atoms with Crippen LogP contribution in [0.2, 0.25) is 0 Å². The van der Waals surface area contributed by atoms with Gasteiger partial charge in [0, 0.05) is 23.4 Å². The van der Waals surface area contributed by atoms with E-state index in [9.17, 15) is 14.0 Å². The van der Waals surface area contributed by atoms with Gasteiger partial charge in [0.15, 0.2) is 5.13 Å². The molecule has 0 saturated carbocycles. The minimum atomic E-state index is -0.391. The largest absolute Gasteiger partial charge is 0.354 e. The van der Waals surface area contributed by atoms with Gasteiger partial charge in [-0.05, 0) is 44.5 Å². The molecule has 0 saturated heterocycles. The average molecular weight is 335 g/mol. The zero-order valence-electron chi connectivity index (χ0n) is 12.9. The maximum absolute atomic E-state index is 12.8. The zero-order chi connectivity index (χ0) is 16.8. The molecular weight excluding hydrogens is 317 g/mol. The number of benzene rings is 1. The maximum Gasteiger partial charge on any atom is 0.257 e. The normalized spacial score (nSPS) is 10.6. The average Bonchev–Trinajstić information content (AvgIpc) is 2.92. The van der Waals surface area contributed by atoms with Crippen molar-refractivity contribution in [1.82, 2.24) is 10.3 Å². The molecule has 0 atom stereocenters. The summed E-state index contributed by atoms with van der Waals surface area (Å²) in [6.45, 7) is 3.81. The number of carbonyl (C=O) groups is 2. The Balaban J connectivity index is 1.88. The highest BCUT2D eigenvalue weighted by atomic mass is 32.1. The van der Waals surface area contributed by atoms with Gasteiger partial charge in [0.2, 0.25) is 5.91 Å². The van der Waals surface area contributed by atoms with E-state index in [4.69, 9.17) is 0 Å². The molecule has 2 amide bonds. The number of nitrogens with one attached hydrogen (secondary N) is 2. The predicted molar refractivity (Wildman–Crippen MR) is 88.1 cm³/mol. The van der Waals surface area contributed by atoms with Crippen LogP contribution in [0.4, 0.5) is 9.52 Å². The van der Waals surface area contributed by atoms with E-state index in [0.717, 1.165) is 5.69 Å². The van der Waals surface area contributed by atoms with Gasteiger partial charge in [0.1, 0.15) is 5.82 Å². The minimum Gasteiger partial charge on any atom is -0.354 e. The van der Waals surface area contributed by atoms with Gasteiger partial charge in [-0.3, -0.25) is 14.9 Å². The molecule has 0 unspecified atom stereocenters. The molecule has 1 aromatic heterocycles. The fourth-order valence-corrected chi connectivity index (χ4v) is 2.63. The van der Waals surface area contributed by atoms with Crippen molar-refractivity contribution in [3.63, 3.8) is 0 Å². The van der Waals surface area contributed by atoms with Crippen LogP contribution in [0.1, 0.15) is 36.3 Å². The summed E-state index contributed by atoms with van der Waals surface area (Å²) in [5.41, 5.74) is 1.11. The highest BCUT2D eigenvalue weighted by Gasteiger charge is 2.10. The first kappa shape index (κ1) is 17.1. The van der Waals surface area contributed by atoms with Crippen molar-refractivity contribution >= 4 is 28.3 Å². The number of halogens is 1. The molecule has 122 valence electrons. The Morgan fingerprint density at radius 1 is 1.26 bits per heavy atom. The Bertz CT molecular complexity index is 683. The van der Waals surface area contributed by atoms with Gasteiger partial charge in [-0.25, -0.2) is 9.37 Å². The summed E-state index contributed by atoms with van der Waals surface area (Å²) in [7, 11) is 0. The van der Waals surface area contributed by atoms with Gasteiger partial charge in [-0.15, -0.1) is 11.3 Å². The number of aromatic nitrogens is 1. The van der Waals surface area contributed by atoms with Crippen LogP contribution in [0.25, 0.3) is 0 Å². The maximum atomic E-state index is 12.8. The number of hydrogen-bond acceptors (Lipinski definition) is 4. The fourth-order valence-electron chi connectivity index (χ4n) is 1.89. The molecule has 0 spiro atoms. The second-order valence-electron chi connectivity index (χ2n) is 5.33. The Hall–Kier alpha value is -2.28. The molecule has 23 heavy (non-hydrogen) atoms. The van der Waals surface area contributed by atoms with Crippen LogP contribution < -0.4 is 10.6 Å². The lowest BCUT2D eigenvalue weighted by Gasteiger charge is -2.06. The number of nitrogens with zero attached hydrogens (tertiary/aromatic N) is 1. The summed E-state index contributed by atoms with van der Waals surface area (Å²) in [5.74, 6) is -0.758. The molecule has 0 radical (unpaired) electrons. The van der Waals surface area contributed by atoms with E-state index >= 15 is 0 Å². The van der Waals surface area contributed by atoms with Crippen molar-refractivity contribution in [3.05, 3.63) is 46.7 Å². The monoisotopic (exact) mass is 335 g/mol. The van der Waals surface area contributed by atoms with Gasteiger partial charge in [0.05, 0.1) is 5.69 Å². The van der Waals surface area contributed by atoms with Crippen LogP contribution in [0.5, 0.6) is 0 Å². The molecule has 0 fully saturated rings. The van der Waals surface area contributed by atoms with Crippen LogP contribution in [0.15, 0.2) is 29.6 Å². The molecule has 1 heterocycles. The summed E-state index contributed by atoms with van der Waals surface area (Å²) < 4.78 is 12.8. The Morgan fingerprint density at radius 2 is 1.96 bits per heavy atom.